The molecule has 1 aromatic carbocycles. The van der Waals surface area contributed by atoms with Gasteiger partial charge in [-0.1, -0.05) is 23.7 Å². The van der Waals surface area contributed by atoms with E-state index < -0.39 is 10.0 Å². The molecular weight excluding hydrogens is 274 g/mol. The summed E-state index contributed by atoms with van der Waals surface area (Å²) >= 11 is 5.82. The molecule has 0 aromatic heterocycles. The van der Waals surface area contributed by atoms with Crippen LogP contribution in [0, 0.1) is 0 Å². The summed E-state index contributed by atoms with van der Waals surface area (Å²) in [4.78, 5) is 0. The maximum atomic E-state index is 11.9. The summed E-state index contributed by atoms with van der Waals surface area (Å²) in [7, 11) is -1.68. The minimum atomic E-state index is -3.23. The fourth-order valence-electron chi connectivity index (χ4n) is 1.73. The van der Waals surface area contributed by atoms with E-state index in [9.17, 15) is 8.42 Å². The van der Waals surface area contributed by atoms with Gasteiger partial charge in [-0.05, 0) is 30.5 Å². The number of ether oxygens (including phenoxy) is 1. The highest BCUT2D eigenvalue weighted by molar-refractivity contribution is 7.90. The molecule has 1 aliphatic rings. The van der Waals surface area contributed by atoms with Crippen molar-refractivity contribution < 1.29 is 13.2 Å². The van der Waals surface area contributed by atoms with Gasteiger partial charge in [-0.3, -0.25) is 0 Å². The zero-order valence-corrected chi connectivity index (χ0v) is 11.7. The van der Waals surface area contributed by atoms with Crippen LogP contribution in [-0.4, -0.2) is 27.4 Å². The van der Waals surface area contributed by atoms with Gasteiger partial charge in [-0.15, -0.1) is 0 Å². The molecule has 1 atom stereocenters. The summed E-state index contributed by atoms with van der Waals surface area (Å²) < 4.78 is 31.6. The molecule has 1 fully saturated rings. The van der Waals surface area contributed by atoms with Crippen molar-refractivity contribution in [2.75, 3.05) is 13.7 Å². The summed E-state index contributed by atoms with van der Waals surface area (Å²) in [5, 5.41) is 0.393. The van der Waals surface area contributed by atoms with E-state index in [0.29, 0.717) is 11.6 Å². The van der Waals surface area contributed by atoms with Crippen molar-refractivity contribution in [2.45, 2.75) is 24.1 Å². The molecule has 1 aliphatic carbocycles. The van der Waals surface area contributed by atoms with Gasteiger partial charge in [0.25, 0.3) is 0 Å². The first-order chi connectivity index (χ1) is 8.53. The molecule has 0 amide bonds. The Kier molecular flexibility index (Phi) is 4.27. The Morgan fingerprint density at radius 2 is 2.00 bits per heavy atom. The predicted octanol–water partition coefficient (Wildman–Crippen LogP) is 2.11. The van der Waals surface area contributed by atoms with Crippen LogP contribution in [0.1, 0.15) is 24.4 Å². The Bertz CT molecular complexity index is 497. The highest BCUT2D eigenvalue weighted by Gasteiger charge is 2.37. The van der Waals surface area contributed by atoms with Crippen molar-refractivity contribution in [3.63, 3.8) is 0 Å². The molecule has 0 unspecified atom stereocenters. The molecule has 0 heterocycles. The quantitative estimate of drug-likeness (QED) is 0.873. The molecule has 1 saturated carbocycles. The number of methoxy groups -OCH3 is 1. The van der Waals surface area contributed by atoms with Gasteiger partial charge in [-0.25, -0.2) is 13.1 Å². The fraction of sp³-hybridized carbons (Fsp3) is 0.500. The van der Waals surface area contributed by atoms with E-state index in [2.05, 4.69) is 4.72 Å². The first kappa shape index (κ1) is 13.8. The van der Waals surface area contributed by atoms with Gasteiger partial charge in [0.1, 0.15) is 0 Å². The van der Waals surface area contributed by atoms with Crippen LogP contribution in [0.5, 0.6) is 0 Å². The van der Waals surface area contributed by atoms with Crippen molar-refractivity contribution >= 4 is 21.6 Å². The number of sulfonamides is 1. The van der Waals surface area contributed by atoms with E-state index >= 15 is 0 Å². The Labute approximate surface area is 112 Å². The highest BCUT2D eigenvalue weighted by Crippen LogP contribution is 2.29. The molecule has 0 spiro atoms. The van der Waals surface area contributed by atoms with E-state index in [1.54, 1.807) is 31.4 Å². The first-order valence-electron chi connectivity index (χ1n) is 5.78. The Morgan fingerprint density at radius 3 is 2.50 bits per heavy atom. The molecule has 18 heavy (non-hydrogen) atoms. The van der Waals surface area contributed by atoms with E-state index in [1.165, 1.54) is 0 Å². The molecule has 1 aromatic rings. The molecule has 2 rings (SSSR count). The molecule has 0 saturated heterocycles. The zero-order chi connectivity index (χ0) is 13.2. The average Bonchev–Trinajstić information content (AvgIpc) is 3.13. The Balaban J connectivity index is 2.15. The lowest BCUT2D eigenvalue weighted by Crippen LogP contribution is -2.33. The molecule has 0 bridgehead atoms. The summed E-state index contributed by atoms with van der Waals surface area (Å²) in [6.07, 6.45) is 1.49. The molecule has 0 aliphatic heterocycles. The van der Waals surface area contributed by atoms with E-state index in [1.807, 2.05) is 0 Å². The van der Waals surface area contributed by atoms with Gasteiger partial charge in [-0.2, -0.15) is 0 Å². The van der Waals surface area contributed by atoms with Gasteiger partial charge in [0.05, 0.1) is 17.9 Å². The summed E-state index contributed by atoms with van der Waals surface area (Å²) in [6.45, 7) is 0.299. The minimum absolute atomic E-state index is 0.232. The highest BCUT2D eigenvalue weighted by atomic mass is 35.5. The second-order valence-electron chi connectivity index (χ2n) is 4.42. The summed E-state index contributed by atoms with van der Waals surface area (Å²) in [6, 6.07) is 6.73. The summed E-state index contributed by atoms with van der Waals surface area (Å²) in [5.74, 6) is 0. The van der Waals surface area contributed by atoms with Crippen molar-refractivity contribution in [2.24, 2.45) is 0 Å². The maximum absolute atomic E-state index is 11.9. The number of halogens is 1. The Hall–Kier alpha value is -0.620. The monoisotopic (exact) mass is 289 g/mol. The van der Waals surface area contributed by atoms with Crippen LogP contribution >= 0.6 is 11.6 Å². The first-order valence-corrected chi connectivity index (χ1v) is 7.71. The van der Waals surface area contributed by atoms with Crippen LogP contribution in [0.2, 0.25) is 5.02 Å². The van der Waals surface area contributed by atoms with Gasteiger partial charge < -0.3 is 4.74 Å². The van der Waals surface area contributed by atoms with E-state index in [4.69, 9.17) is 16.3 Å². The summed E-state index contributed by atoms with van der Waals surface area (Å²) in [5.41, 5.74) is 0.852. The van der Waals surface area contributed by atoms with Gasteiger partial charge in [0, 0.05) is 12.1 Å². The third kappa shape index (κ3) is 3.45. The van der Waals surface area contributed by atoms with Crippen LogP contribution in [0.3, 0.4) is 0 Å². The standard InChI is InChI=1S/C12H16ClNO3S/c1-17-8-12(9-2-4-10(13)5-3-9)14-18(15,16)11-6-7-11/h2-5,11-12,14H,6-8H2,1H3/t12-/m0/s1. The third-order valence-electron chi connectivity index (χ3n) is 2.88. The maximum Gasteiger partial charge on any atom is 0.215 e. The van der Waals surface area contributed by atoms with Crippen LogP contribution in [0.15, 0.2) is 24.3 Å². The topological polar surface area (TPSA) is 55.4 Å². The Morgan fingerprint density at radius 1 is 1.39 bits per heavy atom. The zero-order valence-electron chi connectivity index (χ0n) is 10.1. The largest absolute Gasteiger partial charge is 0.383 e. The van der Waals surface area contributed by atoms with Crippen LogP contribution in [0.4, 0.5) is 0 Å². The van der Waals surface area contributed by atoms with Crippen molar-refractivity contribution in [1.29, 1.82) is 0 Å². The number of hydrogen-bond acceptors (Lipinski definition) is 3. The predicted molar refractivity (Wildman–Crippen MR) is 71.1 cm³/mol. The van der Waals surface area contributed by atoms with Gasteiger partial charge in [0.15, 0.2) is 0 Å². The second kappa shape index (κ2) is 5.57. The molecule has 1 N–H and O–H groups in total. The van der Waals surface area contributed by atoms with Crippen molar-refractivity contribution in [3.8, 4) is 0 Å². The molecule has 6 heteroatoms. The van der Waals surface area contributed by atoms with Crippen LogP contribution in [0.25, 0.3) is 0 Å². The molecule has 4 nitrogen and oxygen atoms in total. The van der Waals surface area contributed by atoms with E-state index in [-0.39, 0.29) is 11.3 Å². The smallest absolute Gasteiger partial charge is 0.215 e. The fourth-order valence-corrected chi connectivity index (χ4v) is 3.41. The lowest BCUT2D eigenvalue weighted by atomic mass is 10.1. The SMILES string of the molecule is COC[C@H](NS(=O)(=O)C1CC1)c1ccc(Cl)cc1. The number of nitrogens with one attached hydrogen (secondary N) is 1. The van der Waals surface area contributed by atoms with Crippen LogP contribution < -0.4 is 4.72 Å². The number of benzene rings is 1. The molecular formula is C12H16ClNO3S. The van der Waals surface area contributed by atoms with Crippen LogP contribution in [-0.2, 0) is 14.8 Å². The second-order valence-corrected chi connectivity index (χ2v) is 6.85. The third-order valence-corrected chi connectivity index (χ3v) is 5.09. The van der Waals surface area contributed by atoms with Crippen molar-refractivity contribution in [3.05, 3.63) is 34.9 Å². The van der Waals surface area contributed by atoms with Gasteiger partial charge in [0.2, 0.25) is 10.0 Å². The minimum Gasteiger partial charge on any atom is -0.383 e. The number of hydrogen-bond donors (Lipinski definition) is 1. The normalized spacial score (nSPS) is 17.7. The van der Waals surface area contributed by atoms with Crippen molar-refractivity contribution in [1.82, 2.24) is 4.72 Å². The average molecular weight is 290 g/mol. The lowest BCUT2D eigenvalue weighted by Gasteiger charge is -2.18. The molecule has 0 radical (unpaired) electrons. The van der Waals surface area contributed by atoms with Gasteiger partial charge >= 0.3 is 0 Å². The lowest BCUT2D eigenvalue weighted by molar-refractivity contribution is 0.175. The number of rotatable bonds is 6. The van der Waals surface area contributed by atoms with E-state index in [0.717, 1.165) is 18.4 Å². The molecule has 100 valence electrons.